The Balaban J connectivity index is 2.10. The van der Waals surface area contributed by atoms with E-state index in [-0.39, 0.29) is 18.1 Å². The highest BCUT2D eigenvalue weighted by atomic mass is 16.7. The fourth-order valence-corrected chi connectivity index (χ4v) is 2.84. The van der Waals surface area contributed by atoms with Gasteiger partial charge in [0.2, 0.25) is 0 Å². The van der Waals surface area contributed by atoms with Gasteiger partial charge in [0, 0.05) is 32.5 Å². The van der Waals surface area contributed by atoms with Crippen LogP contribution in [0.4, 0.5) is 0 Å². The standard InChI is InChI=1S/C15H20O3/c1-17-15(18-2)12-8-9-14(16)13(12)10-11-6-4-3-5-7-11/h3-7,12-13,15H,8-10H2,1-2H3. The molecular formula is C15H20O3. The van der Waals surface area contributed by atoms with Gasteiger partial charge in [0.15, 0.2) is 6.29 Å². The Morgan fingerprint density at radius 2 is 1.89 bits per heavy atom. The Kier molecular flexibility index (Phi) is 4.50. The fourth-order valence-electron chi connectivity index (χ4n) is 2.84. The number of hydrogen-bond donors (Lipinski definition) is 0. The van der Waals surface area contributed by atoms with Crippen molar-refractivity contribution < 1.29 is 14.3 Å². The van der Waals surface area contributed by atoms with Crippen molar-refractivity contribution in [2.75, 3.05) is 14.2 Å². The summed E-state index contributed by atoms with van der Waals surface area (Å²) in [6.45, 7) is 0. The zero-order valence-electron chi connectivity index (χ0n) is 11.0. The third kappa shape index (κ3) is 2.79. The van der Waals surface area contributed by atoms with Gasteiger partial charge in [-0.25, -0.2) is 0 Å². The number of ether oxygens (including phenoxy) is 2. The fraction of sp³-hybridized carbons (Fsp3) is 0.533. The lowest BCUT2D eigenvalue weighted by Gasteiger charge is -2.25. The van der Waals surface area contributed by atoms with E-state index in [1.165, 1.54) is 5.56 Å². The third-order valence-electron chi connectivity index (χ3n) is 3.77. The van der Waals surface area contributed by atoms with Crippen LogP contribution >= 0.6 is 0 Å². The summed E-state index contributed by atoms with van der Waals surface area (Å²) in [4.78, 5) is 12.0. The third-order valence-corrected chi connectivity index (χ3v) is 3.77. The molecule has 1 fully saturated rings. The predicted octanol–water partition coefficient (Wildman–Crippen LogP) is 2.44. The summed E-state index contributed by atoms with van der Waals surface area (Å²) < 4.78 is 10.7. The lowest BCUT2D eigenvalue weighted by atomic mass is 9.88. The van der Waals surface area contributed by atoms with Gasteiger partial charge in [0.25, 0.3) is 0 Å². The summed E-state index contributed by atoms with van der Waals surface area (Å²) in [6, 6.07) is 10.1. The molecule has 0 bridgehead atoms. The van der Waals surface area contributed by atoms with Gasteiger partial charge in [-0.1, -0.05) is 30.3 Å². The van der Waals surface area contributed by atoms with Gasteiger partial charge in [0.05, 0.1) is 0 Å². The molecule has 3 heteroatoms. The van der Waals surface area contributed by atoms with Gasteiger partial charge in [-0.15, -0.1) is 0 Å². The van der Waals surface area contributed by atoms with Crippen LogP contribution in [0.2, 0.25) is 0 Å². The van der Waals surface area contributed by atoms with Gasteiger partial charge in [-0.3, -0.25) is 4.79 Å². The maximum Gasteiger partial charge on any atom is 0.160 e. The van der Waals surface area contributed by atoms with E-state index in [0.717, 1.165) is 12.8 Å². The molecule has 0 aromatic heterocycles. The second-order valence-corrected chi connectivity index (χ2v) is 4.80. The SMILES string of the molecule is COC(OC)C1CCC(=O)C1Cc1ccccc1. The van der Waals surface area contributed by atoms with Crippen molar-refractivity contribution >= 4 is 5.78 Å². The molecule has 1 aliphatic carbocycles. The Morgan fingerprint density at radius 3 is 2.50 bits per heavy atom. The molecule has 2 rings (SSSR count). The first-order valence-corrected chi connectivity index (χ1v) is 6.38. The number of methoxy groups -OCH3 is 2. The van der Waals surface area contributed by atoms with E-state index < -0.39 is 0 Å². The molecule has 0 N–H and O–H groups in total. The van der Waals surface area contributed by atoms with Crippen molar-refractivity contribution in [2.45, 2.75) is 25.6 Å². The normalized spacial score (nSPS) is 23.8. The molecule has 0 amide bonds. The molecule has 18 heavy (non-hydrogen) atoms. The summed E-state index contributed by atoms with van der Waals surface area (Å²) in [6.07, 6.45) is 2.02. The van der Waals surface area contributed by atoms with Gasteiger partial charge in [-0.05, 0) is 18.4 Å². The molecule has 1 aromatic rings. The van der Waals surface area contributed by atoms with E-state index >= 15 is 0 Å². The largest absolute Gasteiger partial charge is 0.356 e. The summed E-state index contributed by atoms with van der Waals surface area (Å²) in [7, 11) is 3.27. The minimum absolute atomic E-state index is 0.0253. The number of carbonyl (C=O) groups excluding carboxylic acids is 1. The highest BCUT2D eigenvalue weighted by Crippen LogP contribution is 2.35. The van der Waals surface area contributed by atoms with Crippen LogP contribution in [0.15, 0.2) is 30.3 Å². The average molecular weight is 248 g/mol. The summed E-state index contributed by atoms with van der Waals surface area (Å²) in [5, 5.41) is 0. The van der Waals surface area contributed by atoms with Gasteiger partial charge in [0.1, 0.15) is 5.78 Å². The number of benzene rings is 1. The number of rotatable bonds is 5. The quantitative estimate of drug-likeness (QED) is 0.751. The minimum Gasteiger partial charge on any atom is -0.356 e. The van der Waals surface area contributed by atoms with E-state index in [4.69, 9.17) is 9.47 Å². The maximum atomic E-state index is 12.0. The molecule has 0 saturated heterocycles. The van der Waals surface area contributed by atoms with Crippen LogP contribution in [-0.2, 0) is 20.7 Å². The second kappa shape index (κ2) is 6.12. The molecular weight excluding hydrogens is 228 g/mol. The van der Waals surface area contributed by atoms with Gasteiger partial charge < -0.3 is 9.47 Å². The Labute approximate surface area is 108 Å². The van der Waals surface area contributed by atoms with Crippen LogP contribution < -0.4 is 0 Å². The Bertz CT molecular complexity index is 384. The highest BCUT2D eigenvalue weighted by molar-refractivity contribution is 5.83. The van der Waals surface area contributed by atoms with E-state index in [0.29, 0.717) is 12.2 Å². The molecule has 98 valence electrons. The van der Waals surface area contributed by atoms with Gasteiger partial charge >= 0.3 is 0 Å². The topological polar surface area (TPSA) is 35.5 Å². The average Bonchev–Trinajstić information content (AvgIpc) is 2.75. The number of hydrogen-bond acceptors (Lipinski definition) is 3. The van der Waals surface area contributed by atoms with Crippen molar-refractivity contribution in [2.24, 2.45) is 11.8 Å². The van der Waals surface area contributed by atoms with Gasteiger partial charge in [-0.2, -0.15) is 0 Å². The van der Waals surface area contributed by atoms with Crippen LogP contribution in [0, 0.1) is 11.8 Å². The number of carbonyl (C=O) groups is 1. The van der Waals surface area contributed by atoms with Crippen molar-refractivity contribution in [1.29, 1.82) is 0 Å². The van der Waals surface area contributed by atoms with Crippen LogP contribution in [0.25, 0.3) is 0 Å². The number of ketones is 1. The van der Waals surface area contributed by atoms with Crippen LogP contribution in [-0.4, -0.2) is 26.3 Å². The maximum absolute atomic E-state index is 12.0. The Hall–Kier alpha value is -1.19. The zero-order valence-corrected chi connectivity index (χ0v) is 11.0. The predicted molar refractivity (Wildman–Crippen MR) is 69.2 cm³/mol. The monoisotopic (exact) mass is 248 g/mol. The molecule has 1 aromatic carbocycles. The molecule has 0 aliphatic heterocycles. The highest BCUT2D eigenvalue weighted by Gasteiger charge is 2.39. The molecule has 2 unspecified atom stereocenters. The van der Waals surface area contributed by atoms with Crippen molar-refractivity contribution in [1.82, 2.24) is 0 Å². The first kappa shape index (κ1) is 13.2. The minimum atomic E-state index is -0.273. The lowest BCUT2D eigenvalue weighted by Crippen LogP contribution is -2.31. The molecule has 0 heterocycles. The van der Waals surface area contributed by atoms with E-state index in [1.54, 1.807) is 14.2 Å². The molecule has 1 aliphatic rings. The van der Waals surface area contributed by atoms with E-state index in [9.17, 15) is 4.79 Å². The Morgan fingerprint density at radius 1 is 1.22 bits per heavy atom. The van der Waals surface area contributed by atoms with E-state index in [1.807, 2.05) is 18.2 Å². The first-order valence-electron chi connectivity index (χ1n) is 6.38. The van der Waals surface area contributed by atoms with Crippen molar-refractivity contribution in [3.05, 3.63) is 35.9 Å². The summed E-state index contributed by atoms with van der Waals surface area (Å²) in [5.74, 6) is 0.535. The van der Waals surface area contributed by atoms with Crippen LogP contribution in [0.1, 0.15) is 18.4 Å². The van der Waals surface area contributed by atoms with E-state index in [2.05, 4.69) is 12.1 Å². The van der Waals surface area contributed by atoms with Crippen LogP contribution in [0.5, 0.6) is 0 Å². The smallest absolute Gasteiger partial charge is 0.160 e. The molecule has 3 nitrogen and oxygen atoms in total. The summed E-state index contributed by atoms with van der Waals surface area (Å²) >= 11 is 0. The first-order chi connectivity index (χ1) is 8.76. The molecule has 0 spiro atoms. The zero-order chi connectivity index (χ0) is 13.0. The molecule has 0 radical (unpaired) electrons. The van der Waals surface area contributed by atoms with Crippen LogP contribution in [0.3, 0.4) is 0 Å². The summed E-state index contributed by atoms with van der Waals surface area (Å²) in [5.41, 5.74) is 1.20. The number of Topliss-reactive ketones (excluding diaryl/α,β-unsaturated/α-hetero) is 1. The second-order valence-electron chi connectivity index (χ2n) is 4.80. The molecule has 2 atom stereocenters. The van der Waals surface area contributed by atoms with Crippen molar-refractivity contribution in [3.8, 4) is 0 Å². The lowest BCUT2D eigenvalue weighted by molar-refractivity contribution is -0.149. The molecule has 1 saturated carbocycles. The van der Waals surface area contributed by atoms with Crippen molar-refractivity contribution in [3.63, 3.8) is 0 Å².